The maximum absolute atomic E-state index is 11.3. The molecule has 0 amide bonds. The first-order valence-corrected chi connectivity index (χ1v) is 5.94. The fraction of sp³-hybridized carbons (Fsp3) is 0.222. The van der Waals surface area contributed by atoms with Crippen molar-refractivity contribution in [1.29, 1.82) is 5.26 Å². The minimum absolute atomic E-state index is 0.307. The summed E-state index contributed by atoms with van der Waals surface area (Å²) in [6.45, 7) is 0. The molecular weight excluding hydrogens is 230 g/mol. The predicted octanol–water partition coefficient (Wildman–Crippen LogP) is 0.543. The Hall–Kier alpha value is -1.94. The molecule has 0 fully saturated rings. The van der Waals surface area contributed by atoms with Crippen LogP contribution in [0.4, 0.5) is 11.4 Å². The molecule has 0 aliphatic rings. The number of hydrogen-bond acceptors (Lipinski definition) is 5. The van der Waals surface area contributed by atoms with Gasteiger partial charge in [-0.25, -0.2) is 8.42 Å². The van der Waals surface area contributed by atoms with E-state index in [0.717, 1.165) is 0 Å². The molecule has 7 heteroatoms. The van der Waals surface area contributed by atoms with Gasteiger partial charge in [-0.1, -0.05) is 0 Å². The lowest BCUT2D eigenvalue weighted by Crippen LogP contribution is -2.15. The van der Waals surface area contributed by atoms with E-state index in [0.29, 0.717) is 17.1 Å². The second-order valence-corrected chi connectivity index (χ2v) is 4.70. The molecule has 0 radical (unpaired) electrons. The third-order valence-corrected chi connectivity index (χ3v) is 2.82. The molecule has 0 aromatic heterocycles. The maximum atomic E-state index is 11.3. The molecule has 1 rings (SSSR count). The van der Waals surface area contributed by atoms with Gasteiger partial charge in [-0.05, 0) is 12.1 Å². The molecular formula is C9H11N3O3S. The van der Waals surface area contributed by atoms with Crippen molar-refractivity contribution >= 4 is 21.4 Å². The molecule has 0 saturated carbocycles. The summed E-state index contributed by atoms with van der Waals surface area (Å²) < 4.78 is 29.7. The van der Waals surface area contributed by atoms with Crippen molar-refractivity contribution in [2.45, 2.75) is 0 Å². The number of benzene rings is 1. The normalized spacial score (nSPS) is 10.5. The van der Waals surface area contributed by atoms with E-state index in [9.17, 15) is 8.42 Å². The second-order valence-electron chi connectivity index (χ2n) is 2.98. The highest BCUT2D eigenvalue weighted by atomic mass is 32.2. The molecule has 0 unspecified atom stereocenters. The van der Waals surface area contributed by atoms with Crippen molar-refractivity contribution in [2.75, 3.05) is 23.3 Å². The molecule has 0 aliphatic heterocycles. The van der Waals surface area contributed by atoms with E-state index in [-0.39, 0.29) is 0 Å². The van der Waals surface area contributed by atoms with Crippen molar-refractivity contribution in [1.82, 2.24) is 0 Å². The standard InChI is InChI=1S/C9H11N3O3S/c1-15-9-6-7(2-3-8(9)11)12-16(13,14)5-4-10/h2-3,6,12H,5,11H2,1H3. The van der Waals surface area contributed by atoms with Gasteiger partial charge in [0.05, 0.1) is 24.6 Å². The zero-order valence-corrected chi connectivity index (χ0v) is 9.41. The molecule has 3 N–H and O–H groups in total. The number of anilines is 2. The summed E-state index contributed by atoms with van der Waals surface area (Å²) in [6, 6.07) is 6.02. The topological polar surface area (TPSA) is 105 Å². The van der Waals surface area contributed by atoms with Crippen LogP contribution in [0.3, 0.4) is 0 Å². The molecule has 0 bridgehead atoms. The number of ether oxygens (including phenoxy) is 1. The lowest BCUT2D eigenvalue weighted by molar-refractivity contribution is 0.417. The van der Waals surface area contributed by atoms with Crippen LogP contribution in [0.15, 0.2) is 18.2 Å². The first kappa shape index (κ1) is 12.1. The number of nitrogens with one attached hydrogen (secondary N) is 1. The Bertz CT molecular complexity index is 519. The summed E-state index contributed by atoms with van der Waals surface area (Å²) in [5.74, 6) is -0.225. The van der Waals surface area contributed by atoms with Crippen molar-refractivity contribution in [3.63, 3.8) is 0 Å². The van der Waals surface area contributed by atoms with Crippen LogP contribution in [0.5, 0.6) is 5.75 Å². The number of methoxy groups -OCH3 is 1. The maximum Gasteiger partial charge on any atom is 0.246 e. The Morgan fingerprint density at radius 1 is 1.56 bits per heavy atom. The summed E-state index contributed by atoms with van der Waals surface area (Å²) in [5, 5.41) is 8.31. The highest BCUT2D eigenvalue weighted by Crippen LogP contribution is 2.25. The Morgan fingerprint density at radius 3 is 2.81 bits per heavy atom. The molecule has 0 saturated heterocycles. The summed E-state index contributed by atoms with van der Waals surface area (Å²) in [4.78, 5) is 0. The van der Waals surface area contributed by atoms with Gasteiger partial charge in [0.2, 0.25) is 10.0 Å². The smallest absolute Gasteiger partial charge is 0.246 e. The van der Waals surface area contributed by atoms with E-state index in [1.165, 1.54) is 25.3 Å². The Kier molecular flexibility index (Phi) is 3.58. The van der Waals surface area contributed by atoms with Gasteiger partial charge in [0.1, 0.15) is 5.75 Å². The highest BCUT2D eigenvalue weighted by molar-refractivity contribution is 7.92. The number of nitrogens with zero attached hydrogens (tertiary/aromatic N) is 1. The SMILES string of the molecule is COc1cc(NS(=O)(=O)CC#N)ccc1N. The van der Waals surface area contributed by atoms with E-state index in [1.807, 2.05) is 0 Å². The second kappa shape index (κ2) is 4.72. The zero-order valence-electron chi connectivity index (χ0n) is 8.60. The molecule has 6 nitrogen and oxygen atoms in total. The average Bonchev–Trinajstić information content (AvgIpc) is 2.20. The van der Waals surface area contributed by atoms with Crippen LogP contribution < -0.4 is 15.2 Å². The molecule has 0 aliphatic carbocycles. The van der Waals surface area contributed by atoms with Gasteiger partial charge in [-0.3, -0.25) is 4.72 Å². The van der Waals surface area contributed by atoms with Crippen LogP contribution >= 0.6 is 0 Å². The third-order valence-electron chi connectivity index (χ3n) is 1.76. The number of nitrogen functional groups attached to an aromatic ring is 1. The number of hydrogen-bond donors (Lipinski definition) is 2. The fourth-order valence-corrected chi connectivity index (χ4v) is 1.80. The summed E-state index contributed by atoms with van der Waals surface area (Å²) in [6.07, 6.45) is 0. The predicted molar refractivity (Wildman–Crippen MR) is 60.4 cm³/mol. The third kappa shape index (κ3) is 3.03. The lowest BCUT2D eigenvalue weighted by atomic mass is 10.3. The minimum atomic E-state index is -3.63. The summed E-state index contributed by atoms with van der Waals surface area (Å²) in [7, 11) is -2.20. The molecule has 0 heterocycles. The molecule has 0 spiro atoms. The minimum Gasteiger partial charge on any atom is -0.495 e. The van der Waals surface area contributed by atoms with Crippen LogP contribution in [0.1, 0.15) is 0 Å². The molecule has 16 heavy (non-hydrogen) atoms. The monoisotopic (exact) mass is 241 g/mol. The van der Waals surface area contributed by atoms with Gasteiger partial charge >= 0.3 is 0 Å². The zero-order chi connectivity index (χ0) is 12.2. The highest BCUT2D eigenvalue weighted by Gasteiger charge is 2.10. The molecule has 0 atom stereocenters. The fourth-order valence-electron chi connectivity index (χ4n) is 1.08. The van der Waals surface area contributed by atoms with Crippen molar-refractivity contribution in [2.24, 2.45) is 0 Å². The van der Waals surface area contributed by atoms with E-state index in [1.54, 1.807) is 6.07 Å². The molecule has 1 aromatic carbocycles. The lowest BCUT2D eigenvalue weighted by Gasteiger charge is -2.08. The average molecular weight is 241 g/mol. The molecule has 86 valence electrons. The van der Waals surface area contributed by atoms with Crippen molar-refractivity contribution in [3.05, 3.63) is 18.2 Å². The first-order valence-electron chi connectivity index (χ1n) is 4.29. The van der Waals surface area contributed by atoms with Gasteiger partial charge in [-0.2, -0.15) is 5.26 Å². The number of rotatable bonds is 4. The van der Waals surface area contributed by atoms with E-state index < -0.39 is 15.8 Å². The Morgan fingerprint density at radius 2 is 2.25 bits per heavy atom. The van der Waals surface area contributed by atoms with Gasteiger partial charge in [0, 0.05) is 6.07 Å². The van der Waals surface area contributed by atoms with Crippen molar-refractivity contribution in [3.8, 4) is 11.8 Å². The van der Waals surface area contributed by atoms with Crippen LogP contribution in [-0.2, 0) is 10.0 Å². The van der Waals surface area contributed by atoms with Crippen LogP contribution in [-0.4, -0.2) is 21.3 Å². The van der Waals surface area contributed by atoms with E-state index >= 15 is 0 Å². The van der Waals surface area contributed by atoms with Crippen LogP contribution in [0, 0.1) is 11.3 Å². The van der Waals surface area contributed by atoms with Gasteiger partial charge in [0.25, 0.3) is 0 Å². The number of sulfonamides is 1. The quantitative estimate of drug-likeness (QED) is 0.748. The first-order chi connectivity index (χ1) is 7.48. The summed E-state index contributed by atoms with van der Waals surface area (Å²) in [5.41, 5.74) is 6.28. The van der Waals surface area contributed by atoms with Gasteiger partial charge in [0.15, 0.2) is 5.75 Å². The summed E-state index contributed by atoms with van der Waals surface area (Å²) >= 11 is 0. The van der Waals surface area contributed by atoms with E-state index in [2.05, 4.69) is 4.72 Å². The van der Waals surface area contributed by atoms with Crippen LogP contribution in [0.25, 0.3) is 0 Å². The number of nitrogens with two attached hydrogens (primary N) is 1. The van der Waals surface area contributed by atoms with Crippen molar-refractivity contribution < 1.29 is 13.2 Å². The Balaban J connectivity index is 2.96. The number of nitriles is 1. The van der Waals surface area contributed by atoms with Crippen LogP contribution in [0.2, 0.25) is 0 Å². The van der Waals surface area contributed by atoms with E-state index in [4.69, 9.17) is 15.7 Å². The Labute approximate surface area is 93.7 Å². The van der Waals surface area contributed by atoms with Gasteiger partial charge in [-0.15, -0.1) is 0 Å². The van der Waals surface area contributed by atoms with Gasteiger partial charge < -0.3 is 10.5 Å². The largest absolute Gasteiger partial charge is 0.495 e. The molecule has 1 aromatic rings.